The summed E-state index contributed by atoms with van der Waals surface area (Å²) in [6.07, 6.45) is -31.4. The van der Waals surface area contributed by atoms with Crippen LogP contribution in [-0.2, 0) is 9.53 Å². The third-order valence-electron chi connectivity index (χ3n) is 2.47. The van der Waals surface area contributed by atoms with E-state index in [9.17, 15) is 75.0 Å². The van der Waals surface area contributed by atoms with Crippen LogP contribution in [0.5, 0.6) is 0 Å². The van der Waals surface area contributed by atoms with Crippen molar-refractivity contribution in [1.29, 1.82) is 0 Å². The molecule has 0 aromatic carbocycles. The summed E-state index contributed by atoms with van der Waals surface area (Å²) >= 11 is 0. The second-order valence-electron chi connectivity index (χ2n) is 4.21. The maximum Gasteiger partial charge on any atom is 0.459 e. The fourth-order valence-corrected chi connectivity index (χ4v) is 1.18. The summed E-state index contributed by atoms with van der Waals surface area (Å²) in [5, 5.41) is 0. The van der Waals surface area contributed by atoms with Crippen molar-refractivity contribution in [3.63, 3.8) is 0 Å². The van der Waals surface area contributed by atoms with Crippen molar-refractivity contribution < 1.29 is 79.8 Å². The van der Waals surface area contributed by atoms with Gasteiger partial charge in [-0.05, 0) is 0 Å². The molecule has 0 heterocycles. The van der Waals surface area contributed by atoms with E-state index < -0.39 is 48.1 Å². The largest absolute Gasteiger partial charge is 0.459 e. The summed E-state index contributed by atoms with van der Waals surface area (Å²) in [6.45, 7) is 0. The minimum Gasteiger partial charge on any atom is -0.263 e. The van der Waals surface area contributed by atoms with Crippen LogP contribution in [0.1, 0.15) is 0 Å². The zero-order valence-corrected chi connectivity index (χ0v) is 10.9. The van der Waals surface area contributed by atoms with Crippen LogP contribution < -0.4 is 0 Å². The van der Waals surface area contributed by atoms with Crippen LogP contribution in [0.4, 0.5) is 70.2 Å². The van der Waals surface area contributed by atoms with Crippen molar-refractivity contribution in [3.8, 4) is 0 Å². The quantitative estimate of drug-likeness (QED) is 0.462. The van der Waals surface area contributed by atoms with E-state index in [1.54, 1.807) is 0 Å². The number of hydrogen-bond acceptors (Lipinski definition) is 2. The SMILES string of the molecule is O=C(F)C(F)(OC(F)(F)C(F)(C(F)(F)F)C(F)(F)C(F)(F)F)C(F)(F)F. The van der Waals surface area contributed by atoms with Gasteiger partial charge in [-0.15, -0.1) is 0 Å². The summed E-state index contributed by atoms with van der Waals surface area (Å²) in [6, 6.07) is -4.75. The van der Waals surface area contributed by atoms with Crippen molar-refractivity contribution in [1.82, 2.24) is 0 Å². The number of rotatable bonds is 5. The van der Waals surface area contributed by atoms with Crippen molar-refractivity contribution >= 4 is 6.04 Å². The van der Waals surface area contributed by atoms with Gasteiger partial charge in [-0.1, -0.05) is 0 Å². The second kappa shape index (κ2) is 6.01. The highest BCUT2D eigenvalue weighted by atomic mass is 19.4. The molecule has 18 heteroatoms. The van der Waals surface area contributed by atoms with E-state index in [0.717, 1.165) is 0 Å². The molecule has 0 radical (unpaired) electrons. The molecule has 0 saturated carbocycles. The molecular formula is C8F16O2. The molecular weight excluding hydrogens is 432 g/mol. The molecule has 0 aliphatic carbocycles. The number of halogens is 16. The highest BCUT2D eigenvalue weighted by molar-refractivity contribution is 5.77. The van der Waals surface area contributed by atoms with E-state index in [4.69, 9.17) is 0 Å². The average molecular weight is 432 g/mol. The molecule has 0 rings (SSSR count). The molecule has 2 unspecified atom stereocenters. The first-order chi connectivity index (χ1) is 10.9. The van der Waals surface area contributed by atoms with Crippen LogP contribution in [-0.4, -0.2) is 48.1 Å². The smallest absolute Gasteiger partial charge is 0.263 e. The number of carbonyl (C=O) groups excluding carboxylic acids is 1. The summed E-state index contributed by atoms with van der Waals surface area (Å²) in [4.78, 5) is 9.78. The third kappa shape index (κ3) is 3.38. The molecule has 2 nitrogen and oxygen atoms in total. The molecule has 0 bridgehead atoms. The van der Waals surface area contributed by atoms with Gasteiger partial charge in [0, 0.05) is 0 Å². The van der Waals surface area contributed by atoms with E-state index in [2.05, 4.69) is 0 Å². The summed E-state index contributed by atoms with van der Waals surface area (Å²) < 4.78 is 199. The van der Waals surface area contributed by atoms with Gasteiger partial charge in [0.1, 0.15) is 0 Å². The van der Waals surface area contributed by atoms with Crippen LogP contribution in [0.25, 0.3) is 0 Å². The lowest BCUT2D eigenvalue weighted by Crippen LogP contribution is -2.73. The molecule has 2 atom stereocenters. The molecule has 0 aromatic heterocycles. The predicted molar refractivity (Wildman–Crippen MR) is 42.9 cm³/mol. The highest BCUT2D eigenvalue weighted by Gasteiger charge is 2.92. The Morgan fingerprint density at radius 3 is 1.12 bits per heavy atom. The van der Waals surface area contributed by atoms with E-state index in [1.807, 2.05) is 0 Å². The van der Waals surface area contributed by atoms with Gasteiger partial charge in [-0.3, -0.25) is 9.53 Å². The monoisotopic (exact) mass is 432 g/mol. The molecule has 0 amide bonds. The van der Waals surface area contributed by atoms with Gasteiger partial charge >= 0.3 is 48.1 Å². The molecule has 0 aliphatic heterocycles. The molecule has 0 saturated heterocycles. The summed E-state index contributed by atoms with van der Waals surface area (Å²) in [5.41, 5.74) is -8.40. The second-order valence-corrected chi connectivity index (χ2v) is 4.21. The average Bonchev–Trinajstić information content (AvgIpc) is 2.32. The minimum atomic E-state index is -8.40. The van der Waals surface area contributed by atoms with Gasteiger partial charge in [0.15, 0.2) is 0 Å². The Bertz CT molecular complexity index is 542. The number of ether oxygens (including phenoxy) is 1. The normalized spacial score (nSPS) is 19.7. The zero-order chi connectivity index (χ0) is 21.8. The molecule has 0 N–H and O–H groups in total. The van der Waals surface area contributed by atoms with Crippen LogP contribution in [0.2, 0.25) is 0 Å². The third-order valence-corrected chi connectivity index (χ3v) is 2.47. The maximum atomic E-state index is 13.3. The van der Waals surface area contributed by atoms with Crippen molar-refractivity contribution in [2.24, 2.45) is 0 Å². The number of hydrogen-bond donors (Lipinski definition) is 0. The maximum absolute atomic E-state index is 13.3. The fourth-order valence-electron chi connectivity index (χ4n) is 1.18. The Labute approximate surface area is 129 Å². The van der Waals surface area contributed by atoms with E-state index in [1.165, 1.54) is 4.74 Å². The molecule has 0 aromatic rings. The Morgan fingerprint density at radius 2 is 0.923 bits per heavy atom. The van der Waals surface area contributed by atoms with Crippen molar-refractivity contribution in [2.75, 3.05) is 0 Å². The summed E-state index contributed by atoms with van der Waals surface area (Å²) in [5.74, 6) is -15.5. The topological polar surface area (TPSA) is 26.3 Å². The van der Waals surface area contributed by atoms with E-state index in [0.29, 0.717) is 0 Å². The van der Waals surface area contributed by atoms with Crippen molar-refractivity contribution in [3.05, 3.63) is 0 Å². The van der Waals surface area contributed by atoms with Gasteiger partial charge in [-0.2, -0.15) is 65.9 Å². The van der Waals surface area contributed by atoms with E-state index >= 15 is 0 Å². The fraction of sp³-hybridized carbons (Fsp3) is 0.875. The lowest BCUT2D eigenvalue weighted by molar-refractivity contribution is -0.495. The predicted octanol–water partition coefficient (Wildman–Crippen LogP) is 4.79. The van der Waals surface area contributed by atoms with Gasteiger partial charge in [0.25, 0.3) is 0 Å². The molecule has 0 spiro atoms. The lowest BCUT2D eigenvalue weighted by Gasteiger charge is -2.41. The molecule has 0 aliphatic rings. The Balaban J connectivity index is 6.70. The first kappa shape index (κ1) is 24.5. The minimum absolute atomic E-state index is 1.30. The Kier molecular flexibility index (Phi) is 5.67. The highest BCUT2D eigenvalue weighted by Crippen LogP contribution is 2.60. The van der Waals surface area contributed by atoms with E-state index in [-0.39, 0.29) is 0 Å². The molecule has 156 valence electrons. The number of carbonyl (C=O) groups is 1. The van der Waals surface area contributed by atoms with Crippen LogP contribution >= 0.6 is 0 Å². The van der Waals surface area contributed by atoms with Gasteiger partial charge in [0.2, 0.25) is 0 Å². The van der Waals surface area contributed by atoms with Crippen molar-refractivity contribution in [2.45, 2.75) is 42.1 Å². The van der Waals surface area contributed by atoms with Gasteiger partial charge < -0.3 is 0 Å². The van der Waals surface area contributed by atoms with Gasteiger partial charge in [0.05, 0.1) is 0 Å². The van der Waals surface area contributed by atoms with Crippen LogP contribution in [0, 0.1) is 0 Å². The Hall–Kier alpha value is -1.49. The lowest BCUT2D eigenvalue weighted by atomic mass is 9.94. The van der Waals surface area contributed by atoms with Gasteiger partial charge in [-0.25, -0.2) is 4.39 Å². The zero-order valence-electron chi connectivity index (χ0n) is 10.9. The molecule has 26 heavy (non-hydrogen) atoms. The molecule has 0 fully saturated rings. The first-order valence-electron chi connectivity index (χ1n) is 5.14. The first-order valence-corrected chi connectivity index (χ1v) is 5.14. The van der Waals surface area contributed by atoms with Crippen LogP contribution in [0.15, 0.2) is 0 Å². The number of alkyl halides is 15. The Morgan fingerprint density at radius 1 is 0.577 bits per heavy atom. The standard InChI is InChI=1S/C8F16O2/c9-1(25)2(10,5(14,15)16)26-8(23,24)3(11,6(17,18)19)4(12,13)7(20,21)22. The summed E-state index contributed by atoms with van der Waals surface area (Å²) in [7, 11) is 0. The van der Waals surface area contributed by atoms with Crippen LogP contribution in [0.3, 0.4) is 0 Å².